The molecule has 9 heteroatoms. The Morgan fingerprint density at radius 3 is 2.57 bits per heavy atom. The first-order valence-electron chi connectivity index (χ1n) is 11.1. The molecule has 0 saturated heterocycles. The number of benzene rings is 3. The Kier molecular flexibility index (Phi) is 6.75. The van der Waals surface area contributed by atoms with E-state index in [0.717, 1.165) is 23.2 Å². The molecule has 3 aromatic carbocycles. The largest absolute Gasteiger partial charge is 0.378 e. The third kappa shape index (κ3) is 4.53. The molecule has 1 aliphatic carbocycles. The van der Waals surface area contributed by atoms with Crippen LogP contribution in [0.1, 0.15) is 46.8 Å². The maximum Gasteiger partial charge on any atom is 0.282 e. The Bertz CT molecular complexity index is 1330. The minimum Gasteiger partial charge on any atom is -0.378 e. The highest BCUT2D eigenvalue weighted by molar-refractivity contribution is 8.00. The summed E-state index contributed by atoms with van der Waals surface area (Å²) in [6.45, 7) is 1.55. The first-order valence-corrected chi connectivity index (χ1v) is 13.2. The molecule has 5 rings (SSSR count). The van der Waals surface area contributed by atoms with Gasteiger partial charge in [-0.15, -0.1) is 23.4 Å². The molecule has 1 saturated carbocycles. The van der Waals surface area contributed by atoms with Crippen LogP contribution in [0, 0.1) is 16.0 Å². The van der Waals surface area contributed by atoms with Crippen molar-refractivity contribution in [1.29, 1.82) is 0 Å². The molecule has 1 heterocycles. The van der Waals surface area contributed by atoms with Crippen molar-refractivity contribution in [2.75, 3.05) is 5.32 Å². The molecule has 1 aliphatic heterocycles. The van der Waals surface area contributed by atoms with E-state index in [9.17, 15) is 14.9 Å². The second-order valence-corrected chi connectivity index (χ2v) is 11.5. The van der Waals surface area contributed by atoms with E-state index in [4.69, 9.17) is 34.8 Å². The highest BCUT2D eigenvalue weighted by Gasteiger charge is 2.50. The summed E-state index contributed by atoms with van der Waals surface area (Å²) in [5, 5.41) is 16.0. The van der Waals surface area contributed by atoms with Gasteiger partial charge in [0.25, 0.3) is 5.69 Å². The van der Waals surface area contributed by atoms with Crippen molar-refractivity contribution in [3.05, 3.63) is 97.5 Å². The lowest BCUT2D eigenvalue weighted by molar-refractivity contribution is -0.387. The standard InChI is InChI=1S/C26H21Cl3N2O3S/c1-13(32)14-6-9-20-17(10-14)24-18(26(30-20)16-8-7-15(27)11-19(16)28)12-23(25(24)29)35-22-5-3-2-4-21(22)31(33)34/h2-11,18,23-26,30H,12H2,1H3/t18-,23-,24+,25-,26-/m1/s1. The number of halogens is 3. The predicted molar refractivity (Wildman–Crippen MR) is 143 cm³/mol. The van der Waals surface area contributed by atoms with Crippen LogP contribution in [0.15, 0.2) is 65.6 Å². The topological polar surface area (TPSA) is 72.2 Å². The Hall–Kier alpha value is -2.25. The molecule has 5 nitrogen and oxygen atoms in total. The predicted octanol–water partition coefficient (Wildman–Crippen LogP) is 8.14. The van der Waals surface area contributed by atoms with Crippen LogP contribution in [0.2, 0.25) is 10.0 Å². The molecular formula is C26H21Cl3N2O3S. The third-order valence-electron chi connectivity index (χ3n) is 6.86. The van der Waals surface area contributed by atoms with E-state index in [1.807, 2.05) is 30.3 Å². The van der Waals surface area contributed by atoms with Crippen molar-refractivity contribution in [2.45, 2.75) is 40.8 Å². The number of para-hydroxylation sites is 1. The zero-order valence-corrected chi connectivity index (χ0v) is 21.7. The molecular weight excluding hydrogens is 527 g/mol. The van der Waals surface area contributed by atoms with Crippen LogP contribution in [0.3, 0.4) is 0 Å². The fraction of sp³-hybridized carbons (Fsp3) is 0.269. The SMILES string of the molecule is CC(=O)c1ccc2c(c1)[C@@H]1[C@H](Cl)[C@H](Sc3ccccc3[N+](=O)[O-])C[C@H]1[C@@H](c1ccc(Cl)cc1Cl)N2. The zero-order valence-electron chi connectivity index (χ0n) is 18.6. The molecule has 0 bridgehead atoms. The number of fused-ring (bicyclic) bond motifs is 3. The molecule has 1 N–H and O–H groups in total. The lowest BCUT2D eigenvalue weighted by Crippen LogP contribution is -2.31. The number of hydrogen-bond donors (Lipinski definition) is 1. The van der Waals surface area contributed by atoms with Gasteiger partial charge in [-0.1, -0.05) is 41.4 Å². The summed E-state index contributed by atoms with van der Waals surface area (Å²) in [4.78, 5) is 23.9. The summed E-state index contributed by atoms with van der Waals surface area (Å²) in [5.74, 6) is -0.0162. The second kappa shape index (κ2) is 9.66. The Morgan fingerprint density at radius 2 is 1.86 bits per heavy atom. The number of nitro groups is 1. The molecule has 3 aromatic rings. The molecule has 0 amide bonds. The lowest BCUT2D eigenvalue weighted by atomic mass is 9.76. The first kappa shape index (κ1) is 24.4. The van der Waals surface area contributed by atoms with E-state index >= 15 is 0 Å². The van der Waals surface area contributed by atoms with Gasteiger partial charge >= 0.3 is 0 Å². The number of anilines is 1. The molecule has 1 fully saturated rings. The fourth-order valence-corrected chi connectivity index (χ4v) is 7.74. The maximum atomic E-state index is 12.1. The van der Waals surface area contributed by atoms with Gasteiger partial charge in [0.05, 0.1) is 21.2 Å². The van der Waals surface area contributed by atoms with Gasteiger partial charge in [0.1, 0.15) is 0 Å². The minimum absolute atomic E-state index is 0.0119. The number of alkyl halides is 1. The number of nitrogens with zero attached hydrogens (tertiary/aromatic N) is 1. The number of ketones is 1. The van der Waals surface area contributed by atoms with Crippen molar-refractivity contribution in [2.24, 2.45) is 5.92 Å². The first-order chi connectivity index (χ1) is 16.7. The Balaban J connectivity index is 1.58. The third-order valence-corrected chi connectivity index (χ3v) is 9.53. The number of Topliss-reactive ketones (excluding diaryl/α,β-unsaturated/α-hetero) is 1. The normalized spacial score (nSPS) is 24.9. The number of rotatable bonds is 5. The van der Waals surface area contributed by atoms with Crippen LogP contribution in [0.25, 0.3) is 0 Å². The number of nitro benzene ring substituents is 1. The highest BCUT2D eigenvalue weighted by atomic mass is 35.5. The molecule has 0 radical (unpaired) electrons. The average molecular weight is 548 g/mol. The second-order valence-electron chi connectivity index (χ2n) is 8.90. The van der Waals surface area contributed by atoms with Crippen LogP contribution < -0.4 is 5.32 Å². The number of carbonyl (C=O) groups excluding carboxylic acids is 1. The summed E-state index contributed by atoms with van der Waals surface area (Å²) < 4.78 is 0. The molecule has 180 valence electrons. The van der Waals surface area contributed by atoms with Crippen LogP contribution in [-0.2, 0) is 0 Å². The minimum atomic E-state index is -0.361. The number of carbonyl (C=O) groups is 1. The summed E-state index contributed by atoms with van der Waals surface area (Å²) in [7, 11) is 0. The monoisotopic (exact) mass is 546 g/mol. The molecule has 0 unspecified atom stereocenters. The highest BCUT2D eigenvalue weighted by Crippen LogP contribution is 2.58. The van der Waals surface area contributed by atoms with Crippen LogP contribution in [-0.4, -0.2) is 21.3 Å². The Morgan fingerprint density at radius 1 is 1.09 bits per heavy atom. The van der Waals surface area contributed by atoms with Crippen molar-refractivity contribution in [1.82, 2.24) is 0 Å². The van der Waals surface area contributed by atoms with Gasteiger partial charge in [0.15, 0.2) is 5.78 Å². The number of nitrogens with one attached hydrogen (secondary N) is 1. The van der Waals surface area contributed by atoms with Crippen molar-refractivity contribution in [3.8, 4) is 0 Å². The molecule has 35 heavy (non-hydrogen) atoms. The summed E-state index contributed by atoms with van der Waals surface area (Å²) in [5.41, 5.74) is 3.54. The van der Waals surface area contributed by atoms with Crippen molar-refractivity contribution < 1.29 is 9.72 Å². The molecule has 0 aromatic heterocycles. The molecule has 0 spiro atoms. The van der Waals surface area contributed by atoms with E-state index in [0.29, 0.717) is 20.5 Å². The fourth-order valence-electron chi connectivity index (χ4n) is 5.27. The van der Waals surface area contributed by atoms with Gasteiger partial charge in [-0.05, 0) is 66.8 Å². The van der Waals surface area contributed by atoms with Crippen molar-refractivity contribution in [3.63, 3.8) is 0 Å². The van der Waals surface area contributed by atoms with Gasteiger partial charge < -0.3 is 5.32 Å². The Labute approximate surface area is 222 Å². The smallest absolute Gasteiger partial charge is 0.282 e. The number of hydrogen-bond acceptors (Lipinski definition) is 5. The number of thioether (sulfide) groups is 1. The van der Waals surface area contributed by atoms with Gasteiger partial charge in [0.2, 0.25) is 0 Å². The summed E-state index contributed by atoms with van der Waals surface area (Å²) in [6, 6.07) is 17.8. The van der Waals surface area contributed by atoms with E-state index in [1.165, 1.54) is 17.8 Å². The van der Waals surface area contributed by atoms with E-state index < -0.39 is 0 Å². The van der Waals surface area contributed by atoms with E-state index in [1.54, 1.807) is 31.2 Å². The summed E-state index contributed by atoms with van der Waals surface area (Å²) in [6.07, 6.45) is 0.718. The van der Waals surface area contributed by atoms with Crippen LogP contribution in [0.5, 0.6) is 0 Å². The van der Waals surface area contributed by atoms with Crippen LogP contribution >= 0.6 is 46.6 Å². The van der Waals surface area contributed by atoms with E-state index in [2.05, 4.69) is 5.32 Å². The molecule has 5 atom stereocenters. The van der Waals surface area contributed by atoms with E-state index in [-0.39, 0.29) is 44.9 Å². The van der Waals surface area contributed by atoms with Gasteiger partial charge in [-0.3, -0.25) is 14.9 Å². The lowest BCUT2D eigenvalue weighted by Gasteiger charge is -2.39. The van der Waals surface area contributed by atoms with Gasteiger partial charge in [-0.2, -0.15) is 0 Å². The maximum absolute atomic E-state index is 12.1. The van der Waals surface area contributed by atoms with Gasteiger partial charge in [-0.25, -0.2) is 0 Å². The quantitative estimate of drug-likeness (QED) is 0.151. The summed E-state index contributed by atoms with van der Waals surface area (Å²) >= 11 is 21.4. The van der Waals surface area contributed by atoms with Crippen molar-refractivity contribution >= 4 is 63.7 Å². The van der Waals surface area contributed by atoms with Crippen LogP contribution in [0.4, 0.5) is 11.4 Å². The average Bonchev–Trinajstić information content (AvgIpc) is 3.15. The van der Waals surface area contributed by atoms with Gasteiger partial charge in [0, 0.05) is 38.5 Å². The zero-order chi connectivity index (χ0) is 24.9. The molecule has 2 aliphatic rings.